The van der Waals surface area contributed by atoms with Crippen molar-refractivity contribution >= 4 is 0 Å². The molecule has 0 aromatic heterocycles. The largest absolute Gasteiger partial charge is 0.416 e. The monoisotopic (exact) mass is 334 g/mol. The van der Waals surface area contributed by atoms with E-state index in [1.165, 1.54) is 17.7 Å². The Morgan fingerprint density at radius 3 is 2.46 bits per heavy atom. The van der Waals surface area contributed by atoms with Gasteiger partial charge in [0.05, 0.1) is 5.56 Å². The van der Waals surface area contributed by atoms with Gasteiger partial charge in [0.1, 0.15) is 0 Å². The van der Waals surface area contributed by atoms with Crippen molar-refractivity contribution in [2.75, 3.05) is 19.6 Å². The molecule has 1 aliphatic heterocycles. The highest BCUT2D eigenvalue weighted by atomic mass is 19.4. The summed E-state index contributed by atoms with van der Waals surface area (Å²) >= 11 is 0. The lowest BCUT2D eigenvalue weighted by molar-refractivity contribution is -0.138. The third-order valence-electron chi connectivity index (χ3n) is 4.38. The Morgan fingerprint density at radius 2 is 1.71 bits per heavy atom. The van der Waals surface area contributed by atoms with Crippen LogP contribution in [0.4, 0.5) is 13.2 Å². The van der Waals surface area contributed by atoms with Crippen molar-refractivity contribution in [1.29, 1.82) is 0 Å². The van der Waals surface area contributed by atoms with Crippen LogP contribution in [-0.4, -0.2) is 30.6 Å². The van der Waals surface area contributed by atoms with Crippen molar-refractivity contribution in [2.24, 2.45) is 0 Å². The number of halogens is 3. The number of hydrogen-bond acceptors (Lipinski definition) is 2. The molecule has 1 aliphatic rings. The lowest BCUT2D eigenvalue weighted by Gasteiger charge is -2.34. The van der Waals surface area contributed by atoms with Crippen LogP contribution in [-0.2, 0) is 19.1 Å². The highest BCUT2D eigenvalue weighted by molar-refractivity contribution is 5.30. The predicted molar refractivity (Wildman–Crippen MR) is 88.7 cm³/mol. The molecule has 3 rings (SSSR count). The molecule has 1 heterocycles. The third-order valence-corrected chi connectivity index (χ3v) is 4.38. The summed E-state index contributed by atoms with van der Waals surface area (Å²) < 4.78 is 39.4. The number of rotatable bonds is 4. The molecule has 0 saturated carbocycles. The molecular formula is C19H21F3N2. The maximum Gasteiger partial charge on any atom is 0.416 e. The molecule has 2 nitrogen and oxygen atoms in total. The van der Waals surface area contributed by atoms with E-state index < -0.39 is 11.7 Å². The first kappa shape index (κ1) is 17.0. The van der Waals surface area contributed by atoms with E-state index in [-0.39, 0.29) is 6.04 Å². The molecule has 0 aliphatic carbocycles. The van der Waals surface area contributed by atoms with E-state index >= 15 is 0 Å². The number of hydrogen-bond donors (Lipinski definition) is 1. The Labute approximate surface area is 140 Å². The van der Waals surface area contributed by atoms with Crippen molar-refractivity contribution in [3.8, 4) is 0 Å². The highest BCUT2D eigenvalue weighted by Gasteiger charge is 2.33. The molecule has 0 bridgehead atoms. The molecule has 5 heteroatoms. The van der Waals surface area contributed by atoms with Crippen LogP contribution in [0.25, 0.3) is 0 Å². The zero-order chi connectivity index (χ0) is 17.0. The van der Waals surface area contributed by atoms with Crippen LogP contribution in [0, 0.1) is 0 Å². The van der Waals surface area contributed by atoms with E-state index in [0.29, 0.717) is 12.0 Å². The maximum absolute atomic E-state index is 13.1. The van der Waals surface area contributed by atoms with Gasteiger partial charge in [0.2, 0.25) is 0 Å². The first-order chi connectivity index (χ1) is 11.5. The van der Waals surface area contributed by atoms with Crippen LogP contribution in [0.5, 0.6) is 0 Å². The molecule has 2 aromatic carbocycles. The maximum atomic E-state index is 13.1. The average molecular weight is 334 g/mol. The Balaban J connectivity index is 1.66. The van der Waals surface area contributed by atoms with E-state index in [2.05, 4.69) is 22.3 Å². The molecule has 2 aromatic rings. The molecule has 128 valence electrons. The van der Waals surface area contributed by atoms with Gasteiger partial charge in [0.15, 0.2) is 0 Å². The van der Waals surface area contributed by atoms with Crippen LogP contribution in [0.15, 0.2) is 54.6 Å². The smallest absolute Gasteiger partial charge is 0.311 e. The fourth-order valence-electron chi connectivity index (χ4n) is 3.26. The predicted octanol–water partition coefficient (Wildman–Crippen LogP) is 3.72. The Kier molecular flexibility index (Phi) is 5.21. The van der Waals surface area contributed by atoms with Gasteiger partial charge in [-0.05, 0) is 23.6 Å². The van der Waals surface area contributed by atoms with Crippen LogP contribution in [0.2, 0.25) is 0 Å². The fraction of sp³-hybridized carbons (Fsp3) is 0.368. The quantitative estimate of drug-likeness (QED) is 0.917. The summed E-state index contributed by atoms with van der Waals surface area (Å²) in [6, 6.07) is 16.1. The summed E-state index contributed by atoms with van der Waals surface area (Å²) in [5, 5.41) is 3.35. The van der Waals surface area contributed by atoms with Crippen LogP contribution < -0.4 is 5.32 Å². The van der Waals surface area contributed by atoms with Gasteiger partial charge >= 0.3 is 6.18 Å². The van der Waals surface area contributed by atoms with Crippen molar-refractivity contribution in [3.05, 3.63) is 71.3 Å². The molecule has 1 atom stereocenters. The average Bonchev–Trinajstić information content (AvgIpc) is 2.56. The summed E-state index contributed by atoms with van der Waals surface area (Å²) in [4.78, 5) is 2.30. The molecule has 0 amide bonds. The first-order valence-electron chi connectivity index (χ1n) is 8.17. The fourth-order valence-corrected chi connectivity index (χ4v) is 3.26. The van der Waals surface area contributed by atoms with E-state index in [9.17, 15) is 13.2 Å². The van der Waals surface area contributed by atoms with Gasteiger partial charge in [-0.25, -0.2) is 0 Å². The summed E-state index contributed by atoms with van der Waals surface area (Å²) in [7, 11) is 0. The standard InChI is InChI=1S/C19H21F3N2/c20-19(21,22)18-9-5-4-8-16(18)12-17-14-24(11-10-23-17)13-15-6-2-1-3-7-15/h1-9,17,23H,10-14H2. The van der Waals surface area contributed by atoms with Crippen LogP contribution in [0.1, 0.15) is 16.7 Å². The van der Waals surface area contributed by atoms with Crippen molar-refractivity contribution < 1.29 is 13.2 Å². The van der Waals surface area contributed by atoms with Gasteiger partial charge < -0.3 is 5.32 Å². The van der Waals surface area contributed by atoms with Crippen molar-refractivity contribution in [1.82, 2.24) is 10.2 Å². The number of alkyl halides is 3. The van der Waals surface area contributed by atoms with Gasteiger partial charge in [-0.15, -0.1) is 0 Å². The molecule has 0 radical (unpaired) electrons. The summed E-state index contributed by atoms with van der Waals surface area (Å²) in [5.74, 6) is 0. The zero-order valence-corrected chi connectivity index (χ0v) is 13.4. The topological polar surface area (TPSA) is 15.3 Å². The van der Waals surface area contributed by atoms with Gasteiger partial charge in [-0.2, -0.15) is 13.2 Å². The van der Waals surface area contributed by atoms with E-state index in [1.807, 2.05) is 18.2 Å². The highest BCUT2D eigenvalue weighted by Crippen LogP contribution is 2.32. The zero-order valence-electron chi connectivity index (χ0n) is 13.4. The second-order valence-corrected chi connectivity index (χ2v) is 6.23. The molecule has 1 N–H and O–H groups in total. The number of nitrogens with one attached hydrogen (secondary N) is 1. The van der Waals surface area contributed by atoms with Gasteiger partial charge in [0, 0.05) is 32.2 Å². The minimum absolute atomic E-state index is 0.0333. The molecule has 1 unspecified atom stereocenters. The van der Waals surface area contributed by atoms with Gasteiger partial charge in [0.25, 0.3) is 0 Å². The lowest BCUT2D eigenvalue weighted by atomic mass is 9.98. The third kappa shape index (κ3) is 4.36. The summed E-state index contributed by atoms with van der Waals surface area (Å²) in [6.07, 6.45) is -3.91. The Hall–Kier alpha value is -1.85. The molecule has 0 spiro atoms. The minimum Gasteiger partial charge on any atom is -0.311 e. The van der Waals surface area contributed by atoms with E-state index in [4.69, 9.17) is 0 Å². The van der Waals surface area contributed by atoms with Crippen molar-refractivity contribution in [2.45, 2.75) is 25.2 Å². The number of benzene rings is 2. The Morgan fingerprint density at radius 1 is 1.00 bits per heavy atom. The normalized spacial score (nSPS) is 19.4. The molecular weight excluding hydrogens is 313 g/mol. The summed E-state index contributed by atoms with van der Waals surface area (Å²) in [6.45, 7) is 3.29. The van der Waals surface area contributed by atoms with Gasteiger partial charge in [-0.1, -0.05) is 48.5 Å². The van der Waals surface area contributed by atoms with Crippen molar-refractivity contribution in [3.63, 3.8) is 0 Å². The molecule has 24 heavy (non-hydrogen) atoms. The second kappa shape index (κ2) is 7.36. The second-order valence-electron chi connectivity index (χ2n) is 6.23. The lowest BCUT2D eigenvalue weighted by Crippen LogP contribution is -2.51. The SMILES string of the molecule is FC(F)(F)c1ccccc1CC1CN(Cc2ccccc2)CCN1. The van der Waals surface area contributed by atoms with Gasteiger partial charge in [-0.3, -0.25) is 4.90 Å². The van der Waals surface area contributed by atoms with E-state index in [0.717, 1.165) is 26.2 Å². The number of piperazine rings is 1. The number of nitrogens with zero attached hydrogens (tertiary/aromatic N) is 1. The first-order valence-corrected chi connectivity index (χ1v) is 8.17. The van der Waals surface area contributed by atoms with Crippen LogP contribution in [0.3, 0.4) is 0 Å². The molecule has 1 saturated heterocycles. The summed E-state index contributed by atoms with van der Waals surface area (Å²) in [5.41, 5.74) is 1.07. The molecule has 1 fully saturated rings. The van der Waals surface area contributed by atoms with E-state index in [1.54, 1.807) is 12.1 Å². The minimum atomic E-state index is -4.30. The van der Waals surface area contributed by atoms with Crippen LogP contribution >= 0.6 is 0 Å². The Bertz CT molecular complexity index is 655.